The van der Waals surface area contributed by atoms with Crippen LogP contribution in [-0.4, -0.2) is 55.3 Å². The number of aromatic nitrogens is 1. The van der Waals surface area contributed by atoms with Crippen molar-refractivity contribution in [1.29, 1.82) is 0 Å². The Labute approximate surface area is 144 Å². The third-order valence-electron chi connectivity index (χ3n) is 4.85. The highest BCUT2D eigenvalue weighted by Crippen LogP contribution is 2.17. The van der Waals surface area contributed by atoms with Crippen LogP contribution in [0.25, 0.3) is 0 Å². The molecule has 2 aliphatic rings. The van der Waals surface area contributed by atoms with Gasteiger partial charge in [-0.2, -0.15) is 0 Å². The van der Waals surface area contributed by atoms with Crippen LogP contribution in [0.2, 0.25) is 0 Å². The van der Waals surface area contributed by atoms with Crippen LogP contribution in [0.15, 0.2) is 18.3 Å². The fourth-order valence-corrected chi connectivity index (χ4v) is 3.34. The topological polar surface area (TPSA) is 57.7 Å². The summed E-state index contributed by atoms with van der Waals surface area (Å²) in [6.07, 6.45) is 5.41. The Balaban J connectivity index is 1.47. The molecule has 1 aromatic heterocycles. The molecule has 0 aromatic carbocycles. The summed E-state index contributed by atoms with van der Waals surface area (Å²) in [7, 11) is 0. The Kier molecular flexibility index (Phi) is 5.91. The highest BCUT2D eigenvalue weighted by molar-refractivity contribution is 5.74. The van der Waals surface area contributed by atoms with Gasteiger partial charge in [-0.25, -0.2) is 9.78 Å². The predicted octanol–water partition coefficient (Wildman–Crippen LogP) is 2.25. The number of carbonyl (C=O) groups excluding carboxylic acids is 1. The Morgan fingerprint density at radius 1 is 1.42 bits per heavy atom. The molecule has 0 spiro atoms. The SMILES string of the molecule is CCN(CC1CCOC1)C(=O)NCc1ccc(N2CCCC2)nc1. The smallest absolute Gasteiger partial charge is 0.317 e. The summed E-state index contributed by atoms with van der Waals surface area (Å²) in [5, 5.41) is 3.01. The molecule has 3 heterocycles. The molecule has 1 N–H and O–H groups in total. The molecular formula is C18H28N4O2. The van der Waals surface area contributed by atoms with E-state index in [0.29, 0.717) is 19.0 Å². The molecule has 3 rings (SSSR count). The summed E-state index contributed by atoms with van der Waals surface area (Å²) in [5.41, 5.74) is 1.03. The molecule has 2 aliphatic heterocycles. The molecule has 1 atom stereocenters. The molecule has 2 fully saturated rings. The van der Waals surface area contributed by atoms with Crippen LogP contribution in [0, 0.1) is 5.92 Å². The van der Waals surface area contributed by atoms with E-state index >= 15 is 0 Å². The van der Waals surface area contributed by atoms with Gasteiger partial charge in [-0.1, -0.05) is 6.07 Å². The lowest BCUT2D eigenvalue weighted by molar-refractivity contribution is 0.166. The standard InChI is InChI=1S/C18H28N4O2/c1-2-21(13-16-7-10-24-14-16)18(23)20-12-15-5-6-17(19-11-15)22-8-3-4-9-22/h5-6,11,16H,2-4,7-10,12-14H2,1H3,(H,20,23). The van der Waals surface area contributed by atoms with Crippen LogP contribution in [-0.2, 0) is 11.3 Å². The van der Waals surface area contributed by atoms with E-state index in [4.69, 9.17) is 4.74 Å². The van der Waals surface area contributed by atoms with Crippen molar-refractivity contribution in [2.75, 3.05) is 44.3 Å². The Morgan fingerprint density at radius 3 is 2.88 bits per heavy atom. The lowest BCUT2D eigenvalue weighted by atomic mass is 10.1. The van der Waals surface area contributed by atoms with Gasteiger partial charge in [0.2, 0.25) is 0 Å². The maximum absolute atomic E-state index is 12.4. The van der Waals surface area contributed by atoms with Crippen LogP contribution >= 0.6 is 0 Å². The average Bonchev–Trinajstić information content (AvgIpc) is 3.31. The molecule has 0 saturated carbocycles. The largest absolute Gasteiger partial charge is 0.381 e. The number of anilines is 1. The summed E-state index contributed by atoms with van der Waals surface area (Å²) >= 11 is 0. The number of ether oxygens (including phenoxy) is 1. The second-order valence-corrected chi connectivity index (χ2v) is 6.65. The van der Waals surface area contributed by atoms with Crippen molar-refractivity contribution in [2.24, 2.45) is 5.92 Å². The number of amides is 2. The van der Waals surface area contributed by atoms with Gasteiger partial charge in [0.1, 0.15) is 5.82 Å². The third-order valence-corrected chi connectivity index (χ3v) is 4.85. The Hall–Kier alpha value is -1.82. The van der Waals surface area contributed by atoms with E-state index in [-0.39, 0.29) is 6.03 Å². The van der Waals surface area contributed by atoms with E-state index in [1.54, 1.807) is 0 Å². The normalized spacial score (nSPS) is 20.4. The molecule has 2 saturated heterocycles. The molecule has 0 aliphatic carbocycles. The van der Waals surface area contributed by atoms with E-state index < -0.39 is 0 Å². The molecule has 0 bridgehead atoms. The van der Waals surface area contributed by atoms with Crippen LogP contribution in [0.1, 0.15) is 31.7 Å². The van der Waals surface area contributed by atoms with Gasteiger partial charge in [-0.15, -0.1) is 0 Å². The highest BCUT2D eigenvalue weighted by Gasteiger charge is 2.21. The number of hydrogen-bond donors (Lipinski definition) is 1. The third kappa shape index (κ3) is 4.38. The molecule has 0 radical (unpaired) electrons. The number of nitrogens with one attached hydrogen (secondary N) is 1. The van der Waals surface area contributed by atoms with Gasteiger partial charge in [0.25, 0.3) is 0 Å². The van der Waals surface area contributed by atoms with Crippen molar-refractivity contribution in [3.05, 3.63) is 23.9 Å². The van der Waals surface area contributed by atoms with Gasteiger partial charge < -0.3 is 19.9 Å². The van der Waals surface area contributed by atoms with Crippen LogP contribution < -0.4 is 10.2 Å². The van der Waals surface area contributed by atoms with Gasteiger partial charge in [-0.05, 0) is 37.8 Å². The molecule has 1 aromatic rings. The zero-order valence-electron chi connectivity index (χ0n) is 14.5. The van der Waals surface area contributed by atoms with Crippen molar-refractivity contribution in [2.45, 2.75) is 32.7 Å². The number of rotatable bonds is 6. The fraction of sp³-hybridized carbons (Fsp3) is 0.667. The van der Waals surface area contributed by atoms with Crippen LogP contribution in [0.3, 0.4) is 0 Å². The quantitative estimate of drug-likeness (QED) is 0.868. The second-order valence-electron chi connectivity index (χ2n) is 6.65. The zero-order valence-corrected chi connectivity index (χ0v) is 14.5. The van der Waals surface area contributed by atoms with Crippen molar-refractivity contribution < 1.29 is 9.53 Å². The van der Waals surface area contributed by atoms with Crippen LogP contribution in [0.4, 0.5) is 10.6 Å². The van der Waals surface area contributed by atoms with Gasteiger partial charge in [0.05, 0.1) is 6.61 Å². The van der Waals surface area contributed by atoms with Crippen molar-refractivity contribution in [3.8, 4) is 0 Å². The summed E-state index contributed by atoms with van der Waals surface area (Å²) < 4.78 is 5.39. The maximum Gasteiger partial charge on any atom is 0.317 e. The minimum Gasteiger partial charge on any atom is -0.381 e. The van der Waals surface area contributed by atoms with E-state index in [2.05, 4.69) is 27.3 Å². The van der Waals surface area contributed by atoms with Crippen molar-refractivity contribution in [1.82, 2.24) is 15.2 Å². The van der Waals surface area contributed by atoms with E-state index in [9.17, 15) is 4.79 Å². The summed E-state index contributed by atoms with van der Waals surface area (Å²) in [6.45, 7) is 7.80. The van der Waals surface area contributed by atoms with E-state index in [0.717, 1.165) is 50.7 Å². The van der Waals surface area contributed by atoms with Gasteiger partial charge in [-0.3, -0.25) is 0 Å². The first-order valence-corrected chi connectivity index (χ1v) is 9.06. The highest BCUT2D eigenvalue weighted by atomic mass is 16.5. The monoisotopic (exact) mass is 332 g/mol. The predicted molar refractivity (Wildman–Crippen MR) is 94.1 cm³/mol. The molecule has 132 valence electrons. The van der Waals surface area contributed by atoms with Gasteiger partial charge >= 0.3 is 6.03 Å². The van der Waals surface area contributed by atoms with Crippen molar-refractivity contribution in [3.63, 3.8) is 0 Å². The minimum atomic E-state index is -0.00646. The first-order chi connectivity index (χ1) is 11.8. The molecule has 6 nitrogen and oxygen atoms in total. The number of carbonyl (C=O) groups is 1. The molecular weight excluding hydrogens is 304 g/mol. The van der Waals surface area contributed by atoms with E-state index in [1.165, 1.54) is 12.8 Å². The Bertz CT molecular complexity index is 522. The lowest BCUT2D eigenvalue weighted by Crippen LogP contribution is -2.42. The number of hydrogen-bond acceptors (Lipinski definition) is 4. The zero-order chi connectivity index (χ0) is 16.8. The summed E-state index contributed by atoms with van der Waals surface area (Å²) in [6, 6.07) is 4.11. The van der Waals surface area contributed by atoms with Crippen molar-refractivity contribution >= 4 is 11.8 Å². The number of urea groups is 1. The minimum absolute atomic E-state index is 0.00646. The van der Waals surface area contributed by atoms with E-state index in [1.807, 2.05) is 18.0 Å². The molecule has 6 heteroatoms. The first-order valence-electron chi connectivity index (χ1n) is 9.06. The Morgan fingerprint density at radius 2 is 2.25 bits per heavy atom. The molecule has 1 unspecified atom stereocenters. The maximum atomic E-state index is 12.4. The first kappa shape index (κ1) is 17.0. The van der Waals surface area contributed by atoms with Gasteiger partial charge in [0, 0.05) is 51.4 Å². The summed E-state index contributed by atoms with van der Waals surface area (Å²) in [5.74, 6) is 1.51. The number of pyridine rings is 1. The molecule has 2 amide bonds. The van der Waals surface area contributed by atoms with Crippen LogP contribution in [0.5, 0.6) is 0 Å². The van der Waals surface area contributed by atoms with Gasteiger partial charge in [0.15, 0.2) is 0 Å². The fourth-order valence-electron chi connectivity index (χ4n) is 3.34. The molecule has 24 heavy (non-hydrogen) atoms. The second kappa shape index (κ2) is 8.33. The average molecular weight is 332 g/mol. The number of nitrogens with zero attached hydrogens (tertiary/aromatic N) is 3. The summed E-state index contributed by atoms with van der Waals surface area (Å²) in [4.78, 5) is 21.1. The lowest BCUT2D eigenvalue weighted by Gasteiger charge is -2.24.